The van der Waals surface area contributed by atoms with Gasteiger partial charge in [0.1, 0.15) is 18.0 Å². The minimum Gasteiger partial charge on any atom is -0.377 e. The van der Waals surface area contributed by atoms with Crippen LogP contribution in [-0.4, -0.2) is 69.4 Å². The van der Waals surface area contributed by atoms with E-state index in [1.54, 1.807) is 0 Å². The summed E-state index contributed by atoms with van der Waals surface area (Å²) in [7, 11) is 2.10. The Morgan fingerprint density at radius 2 is 1.65 bits per heavy atom. The Labute approximate surface area is 211 Å². The van der Waals surface area contributed by atoms with Crippen molar-refractivity contribution in [2.45, 2.75) is 42.7 Å². The lowest BCUT2D eigenvalue weighted by atomic mass is 9.30. The number of tetrazole rings is 1. The molecule has 196 valence electrons. The lowest BCUT2D eigenvalue weighted by molar-refractivity contribution is -0.347. The molecule has 4 aliphatic rings. The molecular weight excluding hydrogens is 488 g/mol. The maximum atomic E-state index is 16.3. The van der Waals surface area contributed by atoms with E-state index in [0.717, 1.165) is 60.6 Å². The maximum Gasteiger partial charge on any atom is 0.287 e. The van der Waals surface area contributed by atoms with Crippen LogP contribution < -0.4 is 4.90 Å². The van der Waals surface area contributed by atoms with Gasteiger partial charge < -0.3 is 14.9 Å². The predicted octanol–water partition coefficient (Wildman–Crippen LogP) is 3.35. The van der Waals surface area contributed by atoms with Gasteiger partial charge in [-0.2, -0.15) is 0 Å². The van der Waals surface area contributed by atoms with E-state index in [0.29, 0.717) is 6.07 Å². The van der Waals surface area contributed by atoms with Crippen LogP contribution in [0, 0.1) is 17.0 Å². The quantitative estimate of drug-likeness (QED) is 0.486. The van der Waals surface area contributed by atoms with Gasteiger partial charge in [0.05, 0.1) is 6.54 Å². The molecule has 1 aromatic heterocycles. The van der Waals surface area contributed by atoms with Crippen molar-refractivity contribution in [2.75, 3.05) is 38.1 Å². The van der Waals surface area contributed by atoms with Gasteiger partial charge in [0, 0.05) is 48.9 Å². The fourth-order valence-electron chi connectivity index (χ4n) is 6.62. The van der Waals surface area contributed by atoms with Crippen LogP contribution in [0.3, 0.4) is 0 Å². The lowest BCUT2D eigenvalue weighted by Crippen LogP contribution is -2.76. The molecule has 0 amide bonds. The highest BCUT2D eigenvalue weighted by Gasteiger charge is 2.82. The average molecular weight is 517 g/mol. The first kappa shape index (κ1) is 24.3. The molecule has 2 bridgehead atoms. The second kappa shape index (κ2) is 8.22. The number of aliphatic hydroxyl groups is 1. The molecule has 3 saturated carbocycles. The van der Waals surface area contributed by atoms with E-state index in [4.69, 9.17) is 0 Å². The van der Waals surface area contributed by atoms with Crippen molar-refractivity contribution in [3.63, 3.8) is 0 Å². The number of hydrogen-bond donors (Lipinski definition) is 1. The summed E-state index contributed by atoms with van der Waals surface area (Å²) in [5.41, 5.74) is -3.43. The molecule has 2 aromatic carbocycles. The molecule has 1 aliphatic heterocycles. The molecular formula is C26H28F4N6O. The number of anilines is 1. The fourth-order valence-corrected chi connectivity index (χ4v) is 6.62. The minimum atomic E-state index is -3.73. The fraction of sp³-hybridized carbons (Fsp3) is 0.500. The summed E-state index contributed by atoms with van der Waals surface area (Å²) in [6.45, 7) is 3.09. The van der Waals surface area contributed by atoms with Crippen LogP contribution >= 0.6 is 0 Å². The van der Waals surface area contributed by atoms with E-state index in [-0.39, 0.29) is 24.7 Å². The number of nitrogens with zero attached hydrogens (tertiary/aromatic N) is 6. The van der Waals surface area contributed by atoms with Crippen LogP contribution in [0.4, 0.5) is 23.2 Å². The summed E-state index contributed by atoms with van der Waals surface area (Å²) >= 11 is 0. The van der Waals surface area contributed by atoms with Gasteiger partial charge in [0.25, 0.3) is 5.92 Å². The second-order valence-corrected chi connectivity index (χ2v) is 11.0. The third kappa shape index (κ3) is 3.58. The smallest absolute Gasteiger partial charge is 0.287 e. The normalized spacial score (nSPS) is 27.4. The molecule has 3 aliphatic carbocycles. The van der Waals surface area contributed by atoms with Gasteiger partial charge in [0.2, 0.25) is 0 Å². The Balaban J connectivity index is 1.25. The minimum absolute atomic E-state index is 0.168. The third-order valence-electron chi connectivity index (χ3n) is 8.72. The Kier molecular flexibility index (Phi) is 5.40. The number of alkyl halides is 2. The Hall–Kier alpha value is -3.05. The summed E-state index contributed by atoms with van der Waals surface area (Å²) in [4.78, 5) is 4.60. The molecule has 1 atom stereocenters. The standard InChI is InChI=1S/C26H28F4N6O/c1-34-8-10-35(11-9-34)20-5-2-18(3-6-20)23-13-24(14-23,15-23)26(29,30)25(37,16-36-17-31-32-33-36)21-7-4-19(27)12-22(21)28/h2-7,12,17,37H,8-11,13-16H2,1H3. The van der Waals surface area contributed by atoms with Crippen LogP contribution in [0.1, 0.15) is 30.4 Å². The molecule has 37 heavy (non-hydrogen) atoms. The average Bonchev–Trinajstić information content (AvgIpc) is 3.31. The lowest BCUT2D eigenvalue weighted by Gasteiger charge is -2.74. The zero-order valence-electron chi connectivity index (χ0n) is 20.4. The summed E-state index contributed by atoms with van der Waals surface area (Å²) < 4.78 is 61.9. The van der Waals surface area contributed by atoms with Crippen LogP contribution in [0.5, 0.6) is 0 Å². The summed E-state index contributed by atoms with van der Waals surface area (Å²) in [5.74, 6) is -5.89. The number of hydrogen-bond acceptors (Lipinski definition) is 6. The van der Waals surface area contributed by atoms with Crippen molar-refractivity contribution >= 4 is 5.69 Å². The van der Waals surface area contributed by atoms with Crippen molar-refractivity contribution in [3.05, 3.63) is 71.6 Å². The largest absolute Gasteiger partial charge is 0.377 e. The molecule has 4 fully saturated rings. The van der Waals surface area contributed by atoms with Crippen molar-refractivity contribution in [2.24, 2.45) is 5.41 Å². The number of benzene rings is 2. The highest BCUT2D eigenvalue weighted by molar-refractivity contribution is 5.52. The van der Waals surface area contributed by atoms with Gasteiger partial charge in [-0.25, -0.2) is 22.2 Å². The van der Waals surface area contributed by atoms with E-state index < -0.39 is 40.7 Å². The SMILES string of the molecule is CN1CCN(c2ccc(C34CC(C(F)(F)C(O)(Cn5cnnn5)c5ccc(F)cc5F)(C3)C4)cc2)CC1. The highest BCUT2D eigenvalue weighted by Crippen LogP contribution is 2.80. The second-order valence-electron chi connectivity index (χ2n) is 11.0. The first-order chi connectivity index (χ1) is 17.6. The molecule has 0 radical (unpaired) electrons. The van der Waals surface area contributed by atoms with Crippen molar-refractivity contribution in [3.8, 4) is 0 Å². The number of halogens is 4. The number of aromatic nitrogens is 4. The highest BCUT2D eigenvalue weighted by atomic mass is 19.3. The molecule has 0 spiro atoms. The van der Waals surface area contributed by atoms with Crippen LogP contribution in [0.15, 0.2) is 48.8 Å². The molecule has 1 saturated heterocycles. The van der Waals surface area contributed by atoms with E-state index in [1.807, 2.05) is 24.3 Å². The van der Waals surface area contributed by atoms with Gasteiger partial charge in [-0.1, -0.05) is 12.1 Å². The van der Waals surface area contributed by atoms with Crippen molar-refractivity contribution in [1.82, 2.24) is 25.1 Å². The Morgan fingerprint density at radius 3 is 2.24 bits per heavy atom. The van der Waals surface area contributed by atoms with Crippen molar-refractivity contribution < 1.29 is 22.7 Å². The van der Waals surface area contributed by atoms with Crippen molar-refractivity contribution in [1.29, 1.82) is 0 Å². The van der Waals surface area contributed by atoms with E-state index in [2.05, 4.69) is 32.4 Å². The van der Waals surface area contributed by atoms with E-state index >= 15 is 8.78 Å². The topological polar surface area (TPSA) is 70.3 Å². The molecule has 2 heterocycles. The molecule has 1 unspecified atom stereocenters. The van der Waals surface area contributed by atoms with E-state index in [9.17, 15) is 13.9 Å². The van der Waals surface area contributed by atoms with Gasteiger partial charge in [-0.3, -0.25) is 0 Å². The molecule has 3 aromatic rings. The first-order valence-corrected chi connectivity index (χ1v) is 12.4. The zero-order valence-corrected chi connectivity index (χ0v) is 20.4. The van der Waals surface area contributed by atoms with Gasteiger partial charge in [-0.05, 0) is 72.0 Å². The molecule has 7 nitrogen and oxygen atoms in total. The van der Waals surface area contributed by atoms with E-state index in [1.165, 1.54) is 0 Å². The number of rotatable bonds is 7. The van der Waals surface area contributed by atoms with Gasteiger partial charge >= 0.3 is 0 Å². The monoisotopic (exact) mass is 516 g/mol. The summed E-state index contributed by atoms with van der Waals surface area (Å²) in [5, 5.41) is 22.0. The Morgan fingerprint density at radius 1 is 0.973 bits per heavy atom. The van der Waals surface area contributed by atoms with Crippen LogP contribution in [-0.2, 0) is 17.6 Å². The molecule has 1 N–H and O–H groups in total. The number of piperazine rings is 1. The molecule has 11 heteroatoms. The Bertz CT molecular complexity index is 1270. The first-order valence-electron chi connectivity index (χ1n) is 12.4. The van der Waals surface area contributed by atoms with Gasteiger partial charge in [-0.15, -0.1) is 5.10 Å². The third-order valence-corrected chi connectivity index (χ3v) is 8.72. The summed E-state index contributed by atoms with van der Waals surface area (Å²) in [6.07, 6.45) is 1.58. The maximum absolute atomic E-state index is 16.3. The van der Waals surface area contributed by atoms with Crippen LogP contribution in [0.2, 0.25) is 0 Å². The summed E-state index contributed by atoms with van der Waals surface area (Å²) in [6, 6.07) is 10.4. The molecule has 7 rings (SSSR count). The number of likely N-dealkylation sites (N-methyl/N-ethyl adjacent to an activating group) is 1. The van der Waals surface area contributed by atoms with Gasteiger partial charge in [0.15, 0.2) is 5.60 Å². The van der Waals surface area contributed by atoms with Crippen LogP contribution in [0.25, 0.3) is 0 Å². The zero-order chi connectivity index (χ0) is 26.1. The predicted molar refractivity (Wildman–Crippen MR) is 127 cm³/mol.